The summed E-state index contributed by atoms with van der Waals surface area (Å²) < 4.78 is 8.14. The molecule has 19 heavy (non-hydrogen) atoms. The first-order chi connectivity index (χ1) is 9.24. The molecule has 96 valence electrons. The molecule has 2 aromatic heterocycles. The zero-order valence-corrected chi connectivity index (χ0v) is 11.9. The molecule has 13 heteroatoms. The van der Waals surface area contributed by atoms with Gasteiger partial charge < -0.3 is 0 Å². The van der Waals surface area contributed by atoms with Crippen molar-refractivity contribution in [2.75, 3.05) is 0 Å². The van der Waals surface area contributed by atoms with Crippen molar-refractivity contribution in [3.8, 4) is 0 Å². The Morgan fingerprint density at radius 3 is 1.68 bits per heavy atom. The van der Waals surface area contributed by atoms with E-state index >= 15 is 0 Å². The van der Waals surface area contributed by atoms with Gasteiger partial charge in [0.05, 0.1) is 9.81 Å². The summed E-state index contributed by atoms with van der Waals surface area (Å²) in [6.07, 6.45) is 0. The number of hydrogen-bond donors (Lipinski definition) is 1. The highest BCUT2D eigenvalue weighted by molar-refractivity contribution is 8.09. The summed E-state index contributed by atoms with van der Waals surface area (Å²) in [5.41, 5.74) is 0. The Kier molecular flexibility index (Phi) is 3.50. The van der Waals surface area contributed by atoms with E-state index in [2.05, 4.69) is 34.9 Å². The number of nitrogens with one attached hydrogen (secondary N) is 1. The van der Waals surface area contributed by atoms with Crippen molar-refractivity contribution >= 4 is 58.4 Å². The lowest BCUT2D eigenvalue weighted by atomic mass is 10.5. The van der Waals surface area contributed by atoms with Crippen molar-refractivity contribution in [1.82, 2.24) is 34.9 Å². The Labute approximate surface area is 121 Å². The minimum atomic E-state index is -0.467. The Hall–Kier alpha value is -1.44. The molecular weight excluding hydrogens is 330 g/mol. The van der Waals surface area contributed by atoms with Crippen molar-refractivity contribution in [1.29, 1.82) is 0 Å². The van der Waals surface area contributed by atoms with Crippen molar-refractivity contribution in [2.24, 2.45) is 0 Å². The van der Waals surface area contributed by atoms with Crippen LogP contribution in [0.25, 0.3) is 0 Å². The lowest BCUT2D eigenvalue weighted by molar-refractivity contribution is -0.123. The average molecular weight is 331 g/mol. The predicted molar refractivity (Wildman–Crippen MR) is 67.3 cm³/mol. The van der Waals surface area contributed by atoms with E-state index in [4.69, 9.17) is 0 Å². The zero-order chi connectivity index (χ0) is 13.2. The molecule has 2 aromatic rings. The fourth-order valence-electron chi connectivity index (χ4n) is 1.11. The third-order valence-electron chi connectivity index (χ3n) is 1.79. The second-order valence-corrected chi connectivity index (χ2v) is 6.88. The zero-order valence-electron chi connectivity index (χ0n) is 8.63. The van der Waals surface area contributed by atoms with Gasteiger partial charge in [0, 0.05) is 23.1 Å². The fraction of sp³-hybridized carbons (Fsp3) is 0. The maximum Gasteiger partial charge on any atom is 0.266 e. The normalized spacial score (nSPS) is 15.2. The molecule has 0 saturated carbocycles. The summed E-state index contributed by atoms with van der Waals surface area (Å²) in [5, 5.41) is 16.5. The van der Waals surface area contributed by atoms with E-state index in [0.717, 1.165) is 46.6 Å². The number of carbonyl (C=O) groups is 2. The highest BCUT2D eigenvalue weighted by Crippen LogP contribution is 2.39. The molecule has 3 rings (SSSR count). The Morgan fingerprint density at radius 1 is 0.842 bits per heavy atom. The smallest absolute Gasteiger partial charge is 0.266 e. The van der Waals surface area contributed by atoms with E-state index in [1.807, 2.05) is 0 Å². The van der Waals surface area contributed by atoms with E-state index in [-0.39, 0.29) is 9.81 Å². The van der Waals surface area contributed by atoms with Crippen LogP contribution in [0.4, 0.5) is 0 Å². The summed E-state index contributed by atoms with van der Waals surface area (Å²) >= 11 is 4.17. The molecule has 0 bridgehead atoms. The minimum absolute atomic E-state index is 0.253. The molecule has 0 aromatic carbocycles. The van der Waals surface area contributed by atoms with E-state index in [1.165, 1.54) is 0 Å². The van der Waals surface area contributed by atoms with Crippen molar-refractivity contribution in [3.05, 3.63) is 9.81 Å². The first-order valence-corrected chi connectivity index (χ1v) is 7.68. The summed E-state index contributed by atoms with van der Waals surface area (Å²) in [6.45, 7) is 0. The molecule has 0 spiro atoms. The standard InChI is InChI=1S/C6HN7O2S4/c14-3-1(16-5-8-10-12-18-5)2(4(15)7-3)17-6-9-11-13-19-6/h(H,7,14,15). The van der Waals surface area contributed by atoms with E-state index in [1.54, 1.807) is 0 Å². The second kappa shape index (κ2) is 5.28. The van der Waals surface area contributed by atoms with Gasteiger partial charge in [-0.3, -0.25) is 14.9 Å². The molecule has 0 fully saturated rings. The number of hydrogen-bond acceptors (Lipinski definition) is 12. The molecule has 1 N–H and O–H groups in total. The van der Waals surface area contributed by atoms with Crippen LogP contribution in [0.2, 0.25) is 0 Å². The van der Waals surface area contributed by atoms with Crippen molar-refractivity contribution in [2.45, 2.75) is 8.68 Å². The average Bonchev–Trinajstić information content (AvgIpc) is 3.09. The van der Waals surface area contributed by atoms with Crippen LogP contribution in [0.5, 0.6) is 0 Å². The van der Waals surface area contributed by atoms with E-state index < -0.39 is 11.8 Å². The molecule has 0 saturated heterocycles. The maximum absolute atomic E-state index is 11.7. The van der Waals surface area contributed by atoms with E-state index in [0.29, 0.717) is 8.68 Å². The molecule has 0 radical (unpaired) electrons. The van der Waals surface area contributed by atoms with Crippen LogP contribution in [0.3, 0.4) is 0 Å². The van der Waals surface area contributed by atoms with Crippen LogP contribution < -0.4 is 5.32 Å². The van der Waals surface area contributed by atoms with Crippen molar-refractivity contribution in [3.63, 3.8) is 0 Å². The first kappa shape index (κ1) is 12.6. The Morgan fingerprint density at radius 2 is 1.32 bits per heavy atom. The third kappa shape index (κ3) is 2.63. The lowest BCUT2D eigenvalue weighted by Crippen LogP contribution is -2.22. The monoisotopic (exact) mass is 331 g/mol. The minimum Gasteiger partial charge on any atom is -0.287 e. The van der Waals surface area contributed by atoms with Gasteiger partial charge in [-0.25, -0.2) is 0 Å². The van der Waals surface area contributed by atoms with Gasteiger partial charge in [-0.2, -0.15) is 0 Å². The molecule has 2 amide bonds. The second-order valence-electron chi connectivity index (χ2n) is 2.90. The molecule has 1 aliphatic rings. The van der Waals surface area contributed by atoms with Gasteiger partial charge in [0.1, 0.15) is 0 Å². The summed E-state index contributed by atoms with van der Waals surface area (Å²) in [5.74, 6) is -0.935. The Bertz CT molecular complexity index is 595. The lowest BCUT2D eigenvalue weighted by Gasteiger charge is -1.97. The fourth-order valence-corrected chi connectivity index (χ4v) is 3.96. The summed E-state index contributed by atoms with van der Waals surface area (Å²) in [7, 11) is 0. The maximum atomic E-state index is 11.7. The van der Waals surface area contributed by atoms with Crippen LogP contribution in [-0.2, 0) is 9.59 Å². The Balaban J connectivity index is 1.92. The number of carbonyl (C=O) groups excluding carboxylic acids is 2. The molecular formula is C6HN7O2S4. The SMILES string of the molecule is O=C1NC(=O)C(Sc2nnns2)=C1Sc1nnns1. The van der Waals surface area contributed by atoms with Crippen LogP contribution in [0, 0.1) is 0 Å². The van der Waals surface area contributed by atoms with Gasteiger partial charge in [-0.15, -0.1) is 10.2 Å². The number of nitrogens with zero attached hydrogens (tertiary/aromatic N) is 6. The first-order valence-electron chi connectivity index (χ1n) is 4.50. The number of thioether (sulfide) groups is 2. The van der Waals surface area contributed by atoms with Gasteiger partial charge in [0.2, 0.25) is 0 Å². The van der Waals surface area contributed by atoms with Gasteiger partial charge >= 0.3 is 0 Å². The van der Waals surface area contributed by atoms with Crippen LogP contribution >= 0.6 is 46.6 Å². The quantitative estimate of drug-likeness (QED) is 0.761. The summed E-state index contributed by atoms with van der Waals surface area (Å²) in [4.78, 5) is 23.9. The van der Waals surface area contributed by atoms with Gasteiger partial charge in [0.15, 0.2) is 8.68 Å². The highest BCUT2D eigenvalue weighted by atomic mass is 32.2. The van der Waals surface area contributed by atoms with Crippen LogP contribution in [0.15, 0.2) is 18.5 Å². The third-order valence-corrected chi connectivity index (χ3v) is 5.35. The van der Waals surface area contributed by atoms with Crippen LogP contribution in [-0.4, -0.2) is 41.4 Å². The molecule has 9 nitrogen and oxygen atoms in total. The van der Waals surface area contributed by atoms with E-state index in [9.17, 15) is 9.59 Å². The van der Waals surface area contributed by atoms with Crippen LogP contribution in [0.1, 0.15) is 0 Å². The van der Waals surface area contributed by atoms with Gasteiger partial charge in [0.25, 0.3) is 11.8 Å². The van der Waals surface area contributed by atoms with Gasteiger partial charge in [-0.05, 0) is 34.0 Å². The highest BCUT2D eigenvalue weighted by Gasteiger charge is 2.33. The number of amides is 2. The number of imide groups is 1. The number of aromatic nitrogens is 6. The van der Waals surface area contributed by atoms with Gasteiger partial charge in [-0.1, -0.05) is 8.98 Å². The molecule has 0 atom stereocenters. The molecule has 1 aliphatic heterocycles. The topological polar surface area (TPSA) is 124 Å². The predicted octanol–water partition coefficient (Wildman–Crippen LogP) is -0.0680. The molecule has 3 heterocycles. The molecule has 0 unspecified atom stereocenters. The largest absolute Gasteiger partial charge is 0.287 e. The summed E-state index contributed by atoms with van der Waals surface area (Å²) in [6, 6.07) is 0. The number of rotatable bonds is 4. The molecule has 0 aliphatic carbocycles. The van der Waals surface area contributed by atoms with Crippen molar-refractivity contribution < 1.29 is 9.59 Å².